The van der Waals surface area contributed by atoms with Gasteiger partial charge in [0.15, 0.2) is 5.82 Å². The molecule has 142 valence electrons. The van der Waals surface area contributed by atoms with Crippen LogP contribution in [0.4, 0.5) is 0 Å². The molecule has 0 saturated heterocycles. The summed E-state index contributed by atoms with van der Waals surface area (Å²) in [6.07, 6.45) is 0. The lowest BCUT2D eigenvalue weighted by Crippen LogP contribution is -2.43. The molecule has 0 atom stereocenters. The molecular weight excluding hydrogens is 344 g/mol. The fourth-order valence-corrected chi connectivity index (χ4v) is 2.85. The average molecular weight is 368 g/mol. The summed E-state index contributed by atoms with van der Waals surface area (Å²) in [6.45, 7) is 9.58. The summed E-state index contributed by atoms with van der Waals surface area (Å²) in [6, 6.07) is 8.84. The Bertz CT molecular complexity index is 1040. The molecular formula is C20H24N4O3. The van der Waals surface area contributed by atoms with Crippen molar-refractivity contribution in [3.05, 3.63) is 46.5 Å². The van der Waals surface area contributed by atoms with Crippen LogP contribution in [0.3, 0.4) is 0 Å². The number of carbonyl (C=O) groups is 1. The van der Waals surface area contributed by atoms with Gasteiger partial charge in [0.1, 0.15) is 6.54 Å². The zero-order chi connectivity index (χ0) is 19.8. The Kier molecular flexibility index (Phi) is 4.87. The molecule has 7 heteroatoms. The van der Waals surface area contributed by atoms with Crippen molar-refractivity contribution in [2.75, 3.05) is 0 Å². The Morgan fingerprint density at radius 1 is 1.26 bits per heavy atom. The van der Waals surface area contributed by atoms with E-state index in [1.807, 2.05) is 58.9 Å². The van der Waals surface area contributed by atoms with Crippen molar-refractivity contribution in [3.8, 4) is 11.5 Å². The first kappa shape index (κ1) is 18.8. The van der Waals surface area contributed by atoms with E-state index >= 15 is 0 Å². The molecule has 0 saturated carbocycles. The van der Waals surface area contributed by atoms with Crippen LogP contribution in [0, 0.1) is 0 Å². The fraction of sp³-hybridized carbons (Fsp3) is 0.400. The van der Waals surface area contributed by atoms with E-state index in [9.17, 15) is 9.59 Å². The maximum absolute atomic E-state index is 12.8. The van der Waals surface area contributed by atoms with Crippen molar-refractivity contribution >= 4 is 16.8 Å². The number of aromatic nitrogens is 3. The number of para-hydroxylation sites is 1. The SMILES string of the molecule is CC(C)c1noc(-c2cc(=O)n(CC(=O)NC(C)(C)C)c3ccccc23)n1. The molecule has 0 fully saturated rings. The molecule has 0 unspecified atom stereocenters. The topological polar surface area (TPSA) is 90.0 Å². The Morgan fingerprint density at radius 2 is 1.96 bits per heavy atom. The van der Waals surface area contributed by atoms with Crippen molar-refractivity contribution in [2.45, 2.75) is 52.6 Å². The summed E-state index contributed by atoms with van der Waals surface area (Å²) in [5.41, 5.74) is 0.556. The van der Waals surface area contributed by atoms with E-state index in [0.717, 1.165) is 5.39 Å². The smallest absolute Gasteiger partial charge is 0.258 e. The molecule has 27 heavy (non-hydrogen) atoms. The van der Waals surface area contributed by atoms with Crippen LogP contribution < -0.4 is 10.9 Å². The van der Waals surface area contributed by atoms with Gasteiger partial charge in [-0.1, -0.05) is 37.2 Å². The Morgan fingerprint density at radius 3 is 2.59 bits per heavy atom. The number of nitrogens with zero attached hydrogens (tertiary/aromatic N) is 3. The lowest BCUT2D eigenvalue weighted by Gasteiger charge is -2.21. The van der Waals surface area contributed by atoms with Gasteiger partial charge in [-0.25, -0.2) is 0 Å². The van der Waals surface area contributed by atoms with Crippen LogP contribution in [0.5, 0.6) is 0 Å². The number of hydrogen-bond acceptors (Lipinski definition) is 5. The first-order valence-corrected chi connectivity index (χ1v) is 8.93. The van der Waals surface area contributed by atoms with E-state index in [-0.39, 0.29) is 29.5 Å². The molecule has 0 bridgehead atoms. The number of carbonyl (C=O) groups excluding carboxylic acids is 1. The summed E-state index contributed by atoms with van der Waals surface area (Å²) in [4.78, 5) is 29.5. The molecule has 1 N–H and O–H groups in total. The first-order valence-electron chi connectivity index (χ1n) is 8.93. The molecule has 0 aliphatic carbocycles. The maximum Gasteiger partial charge on any atom is 0.258 e. The minimum atomic E-state index is -0.368. The third-order valence-corrected chi connectivity index (χ3v) is 4.02. The predicted octanol–water partition coefficient (Wildman–Crippen LogP) is 3.09. The largest absolute Gasteiger partial charge is 0.350 e. The van der Waals surface area contributed by atoms with Gasteiger partial charge < -0.3 is 9.84 Å². The lowest BCUT2D eigenvalue weighted by atomic mass is 10.1. The zero-order valence-electron chi connectivity index (χ0n) is 16.2. The minimum absolute atomic E-state index is 0.0576. The highest BCUT2D eigenvalue weighted by Gasteiger charge is 2.19. The van der Waals surface area contributed by atoms with E-state index < -0.39 is 0 Å². The quantitative estimate of drug-likeness (QED) is 0.764. The minimum Gasteiger partial charge on any atom is -0.350 e. The second-order valence-corrected chi connectivity index (χ2v) is 7.91. The van der Waals surface area contributed by atoms with Gasteiger partial charge in [0.25, 0.3) is 11.4 Å². The lowest BCUT2D eigenvalue weighted by molar-refractivity contribution is -0.123. The molecule has 1 aromatic carbocycles. The van der Waals surface area contributed by atoms with E-state index in [4.69, 9.17) is 4.52 Å². The van der Waals surface area contributed by atoms with Crippen LogP contribution in [0.1, 0.15) is 46.4 Å². The molecule has 3 aromatic rings. The molecule has 2 heterocycles. The van der Waals surface area contributed by atoms with E-state index in [0.29, 0.717) is 22.8 Å². The number of benzene rings is 1. The molecule has 7 nitrogen and oxygen atoms in total. The van der Waals surface area contributed by atoms with E-state index in [1.165, 1.54) is 10.6 Å². The summed E-state index contributed by atoms with van der Waals surface area (Å²) < 4.78 is 6.83. The molecule has 1 amide bonds. The Balaban J connectivity index is 2.09. The third kappa shape index (κ3) is 4.07. The van der Waals surface area contributed by atoms with Crippen molar-refractivity contribution in [1.29, 1.82) is 0 Å². The maximum atomic E-state index is 12.8. The molecule has 3 rings (SSSR count). The highest BCUT2D eigenvalue weighted by Crippen LogP contribution is 2.27. The average Bonchev–Trinajstić information content (AvgIpc) is 3.05. The van der Waals surface area contributed by atoms with Gasteiger partial charge in [0, 0.05) is 22.9 Å². The summed E-state index contributed by atoms with van der Waals surface area (Å²) in [5.74, 6) is 0.790. The Labute approximate surface area is 157 Å². The van der Waals surface area contributed by atoms with Crippen LogP contribution in [0.25, 0.3) is 22.4 Å². The van der Waals surface area contributed by atoms with Crippen molar-refractivity contribution in [3.63, 3.8) is 0 Å². The molecule has 0 spiro atoms. The van der Waals surface area contributed by atoms with Gasteiger partial charge in [0.2, 0.25) is 5.91 Å². The van der Waals surface area contributed by atoms with Crippen LogP contribution in [-0.2, 0) is 11.3 Å². The van der Waals surface area contributed by atoms with Gasteiger partial charge in [-0.05, 0) is 26.8 Å². The Hall–Kier alpha value is -2.96. The molecule has 0 aliphatic heterocycles. The second kappa shape index (κ2) is 6.98. The van der Waals surface area contributed by atoms with Gasteiger partial charge in [0.05, 0.1) is 11.1 Å². The van der Waals surface area contributed by atoms with E-state index in [1.54, 1.807) is 0 Å². The second-order valence-electron chi connectivity index (χ2n) is 7.91. The van der Waals surface area contributed by atoms with Crippen molar-refractivity contribution in [1.82, 2.24) is 20.0 Å². The highest BCUT2D eigenvalue weighted by atomic mass is 16.5. The number of hydrogen-bond donors (Lipinski definition) is 1. The predicted molar refractivity (Wildman–Crippen MR) is 103 cm³/mol. The molecule has 0 aliphatic rings. The number of amides is 1. The molecule has 0 radical (unpaired) electrons. The highest BCUT2D eigenvalue weighted by molar-refractivity contribution is 5.93. The third-order valence-electron chi connectivity index (χ3n) is 4.02. The molecule has 2 aromatic heterocycles. The van der Waals surface area contributed by atoms with Crippen molar-refractivity contribution in [2.24, 2.45) is 0 Å². The number of pyridine rings is 1. The number of nitrogens with one attached hydrogen (secondary N) is 1. The van der Waals surface area contributed by atoms with Crippen LogP contribution in [-0.4, -0.2) is 26.2 Å². The zero-order valence-corrected chi connectivity index (χ0v) is 16.2. The summed E-state index contributed by atoms with van der Waals surface area (Å²) in [7, 11) is 0. The van der Waals surface area contributed by atoms with Crippen LogP contribution in [0.2, 0.25) is 0 Å². The summed E-state index contributed by atoms with van der Waals surface area (Å²) in [5, 5.41) is 7.64. The standard InChI is InChI=1S/C20H24N4O3/c1-12(2)18-21-19(27-23-18)14-10-17(26)24(11-16(25)22-20(3,4)5)15-9-7-6-8-13(14)15/h6-10,12H,11H2,1-5H3,(H,22,25). The van der Waals surface area contributed by atoms with Gasteiger partial charge in [-0.3, -0.25) is 14.2 Å². The number of rotatable bonds is 4. The van der Waals surface area contributed by atoms with Crippen molar-refractivity contribution < 1.29 is 9.32 Å². The summed E-state index contributed by atoms with van der Waals surface area (Å²) >= 11 is 0. The first-order chi connectivity index (χ1) is 12.7. The number of fused-ring (bicyclic) bond motifs is 1. The monoisotopic (exact) mass is 368 g/mol. The van der Waals surface area contributed by atoms with Crippen LogP contribution in [0.15, 0.2) is 39.6 Å². The van der Waals surface area contributed by atoms with Gasteiger partial charge in [-0.2, -0.15) is 4.98 Å². The normalized spacial score (nSPS) is 11.9. The van der Waals surface area contributed by atoms with Gasteiger partial charge in [-0.15, -0.1) is 0 Å². The van der Waals surface area contributed by atoms with Crippen LogP contribution >= 0.6 is 0 Å². The van der Waals surface area contributed by atoms with Gasteiger partial charge >= 0.3 is 0 Å². The fourth-order valence-electron chi connectivity index (χ4n) is 2.85. The van der Waals surface area contributed by atoms with E-state index in [2.05, 4.69) is 15.5 Å².